The van der Waals surface area contributed by atoms with Crippen molar-refractivity contribution in [1.29, 1.82) is 0 Å². The number of rotatable bonds is 3. The number of carboxylic acids is 1. The fourth-order valence-corrected chi connectivity index (χ4v) is 2.03. The lowest BCUT2D eigenvalue weighted by Gasteiger charge is -2.11. The lowest BCUT2D eigenvalue weighted by Crippen LogP contribution is -2.28. The van der Waals surface area contributed by atoms with Crippen molar-refractivity contribution >= 4 is 11.9 Å². The molecule has 4 nitrogen and oxygen atoms in total. The van der Waals surface area contributed by atoms with Crippen LogP contribution in [0, 0.1) is 11.7 Å². The third-order valence-corrected chi connectivity index (χ3v) is 3.05. The molecule has 0 aromatic heterocycles. The van der Waals surface area contributed by atoms with Gasteiger partial charge in [-0.2, -0.15) is 0 Å². The van der Waals surface area contributed by atoms with Crippen LogP contribution in [0.15, 0.2) is 24.3 Å². The van der Waals surface area contributed by atoms with Gasteiger partial charge in [0.25, 0.3) is 0 Å². The van der Waals surface area contributed by atoms with Crippen LogP contribution in [0.4, 0.5) is 4.39 Å². The Hall–Kier alpha value is -1.91. The highest BCUT2D eigenvalue weighted by atomic mass is 19.1. The van der Waals surface area contributed by atoms with E-state index in [4.69, 9.17) is 10.8 Å². The number of hydrogen-bond donors (Lipinski definition) is 2. The number of carbonyl (C=O) groups is 2. The number of amides is 1. The predicted molar refractivity (Wildman–Crippen MR) is 53.0 cm³/mol. The van der Waals surface area contributed by atoms with Gasteiger partial charge in [-0.1, -0.05) is 12.1 Å². The van der Waals surface area contributed by atoms with Crippen LogP contribution in [-0.4, -0.2) is 17.0 Å². The lowest BCUT2D eigenvalue weighted by atomic mass is 9.93. The summed E-state index contributed by atoms with van der Waals surface area (Å²) in [6.45, 7) is 0. The quantitative estimate of drug-likeness (QED) is 0.789. The third-order valence-electron chi connectivity index (χ3n) is 3.05. The summed E-state index contributed by atoms with van der Waals surface area (Å²) in [5.74, 6) is -2.87. The number of aliphatic carboxylic acids is 1. The predicted octanol–water partition coefficient (Wildman–Crippen LogP) is 0.653. The highest BCUT2D eigenvalue weighted by Crippen LogP contribution is 2.54. The Labute approximate surface area is 90.9 Å². The zero-order valence-corrected chi connectivity index (χ0v) is 8.31. The van der Waals surface area contributed by atoms with Crippen LogP contribution in [0.3, 0.4) is 0 Å². The second kappa shape index (κ2) is 3.30. The van der Waals surface area contributed by atoms with Crippen molar-refractivity contribution in [2.45, 2.75) is 11.8 Å². The van der Waals surface area contributed by atoms with Gasteiger partial charge in [0.05, 0.1) is 5.92 Å². The summed E-state index contributed by atoms with van der Waals surface area (Å²) in [6.07, 6.45) is 0.184. The van der Waals surface area contributed by atoms with Crippen LogP contribution in [0.1, 0.15) is 12.0 Å². The van der Waals surface area contributed by atoms with E-state index in [-0.39, 0.29) is 6.42 Å². The Kier molecular flexibility index (Phi) is 2.18. The molecule has 0 bridgehead atoms. The maximum absolute atomic E-state index is 12.7. The molecule has 1 aliphatic carbocycles. The first-order valence-corrected chi connectivity index (χ1v) is 4.77. The molecule has 84 valence electrons. The first kappa shape index (κ1) is 10.6. The minimum absolute atomic E-state index is 0.184. The van der Waals surface area contributed by atoms with E-state index in [0.717, 1.165) is 0 Å². The van der Waals surface area contributed by atoms with Crippen LogP contribution in [0.25, 0.3) is 0 Å². The molecule has 0 radical (unpaired) electrons. The zero-order chi connectivity index (χ0) is 11.9. The molecule has 2 unspecified atom stereocenters. The number of benzene rings is 1. The van der Waals surface area contributed by atoms with E-state index in [1.807, 2.05) is 0 Å². The van der Waals surface area contributed by atoms with Gasteiger partial charge in [0.2, 0.25) is 5.91 Å². The third kappa shape index (κ3) is 1.36. The molecule has 5 heteroatoms. The molecule has 0 spiro atoms. The topological polar surface area (TPSA) is 80.4 Å². The van der Waals surface area contributed by atoms with E-state index in [9.17, 15) is 14.0 Å². The summed E-state index contributed by atoms with van der Waals surface area (Å²) < 4.78 is 12.7. The van der Waals surface area contributed by atoms with Crippen LogP contribution >= 0.6 is 0 Å². The summed E-state index contributed by atoms with van der Waals surface area (Å²) in [6, 6.07) is 5.12. The van der Waals surface area contributed by atoms with Crippen molar-refractivity contribution in [2.24, 2.45) is 11.7 Å². The molecule has 3 N–H and O–H groups in total. The Morgan fingerprint density at radius 2 is 1.94 bits per heavy atom. The molecule has 1 aromatic carbocycles. The molecular formula is C11H10FNO3. The van der Waals surface area contributed by atoms with Crippen molar-refractivity contribution in [2.75, 3.05) is 0 Å². The van der Waals surface area contributed by atoms with Gasteiger partial charge in [0.1, 0.15) is 11.2 Å². The number of carboxylic acid groups (broad SMARTS) is 1. The number of primary amides is 1. The second-order valence-corrected chi connectivity index (χ2v) is 3.94. The van der Waals surface area contributed by atoms with Crippen molar-refractivity contribution in [3.63, 3.8) is 0 Å². The van der Waals surface area contributed by atoms with E-state index in [1.54, 1.807) is 0 Å². The van der Waals surface area contributed by atoms with E-state index in [1.165, 1.54) is 24.3 Å². The summed E-state index contributed by atoms with van der Waals surface area (Å²) in [4.78, 5) is 22.2. The normalized spacial score (nSPS) is 27.4. The standard InChI is InChI=1S/C11H10FNO3/c12-7-3-1-6(2-4-7)11(10(15)16)5-8(11)9(13)14/h1-4,8H,5H2,(H2,13,14)(H,15,16). The largest absolute Gasteiger partial charge is 0.481 e. The molecule has 2 rings (SSSR count). The number of nitrogens with two attached hydrogens (primary N) is 1. The molecule has 1 saturated carbocycles. The van der Waals surface area contributed by atoms with Gasteiger partial charge in [-0.3, -0.25) is 9.59 Å². The van der Waals surface area contributed by atoms with Gasteiger partial charge >= 0.3 is 5.97 Å². The Balaban J connectivity index is 2.40. The summed E-state index contributed by atoms with van der Waals surface area (Å²) in [5.41, 5.74) is 4.27. The van der Waals surface area contributed by atoms with Gasteiger partial charge < -0.3 is 10.8 Å². The molecule has 1 aliphatic rings. The first-order chi connectivity index (χ1) is 7.48. The summed E-state index contributed by atoms with van der Waals surface area (Å²) >= 11 is 0. The average molecular weight is 223 g/mol. The van der Waals surface area contributed by atoms with Crippen molar-refractivity contribution in [1.82, 2.24) is 0 Å². The summed E-state index contributed by atoms with van der Waals surface area (Å²) in [7, 11) is 0. The highest BCUT2D eigenvalue weighted by molar-refractivity contribution is 5.96. The molecule has 1 fully saturated rings. The van der Waals surface area contributed by atoms with Gasteiger partial charge in [-0.25, -0.2) is 4.39 Å². The average Bonchev–Trinajstić information content (AvgIpc) is 2.95. The smallest absolute Gasteiger partial charge is 0.314 e. The molecule has 0 aliphatic heterocycles. The van der Waals surface area contributed by atoms with Crippen molar-refractivity contribution in [3.05, 3.63) is 35.6 Å². The maximum atomic E-state index is 12.7. The van der Waals surface area contributed by atoms with Gasteiger partial charge in [0, 0.05) is 0 Å². The Morgan fingerprint density at radius 3 is 2.31 bits per heavy atom. The Morgan fingerprint density at radius 1 is 1.38 bits per heavy atom. The molecule has 1 aromatic rings. The Bertz CT molecular complexity index is 457. The molecule has 0 heterocycles. The fourth-order valence-electron chi connectivity index (χ4n) is 2.03. The number of halogens is 1. The highest BCUT2D eigenvalue weighted by Gasteiger charge is 2.64. The van der Waals surface area contributed by atoms with E-state index < -0.39 is 29.0 Å². The zero-order valence-electron chi connectivity index (χ0n) is 8.31. The summed E-state index contributed by atoms with van der Waals surface area (Å²) in [5, 5.41) is 9.14. The van der Waals surface area contributed by atoms with Crippen molar-refractivity contribution in [3.8, 4) is 0 Å². The van der Waals surface area contributed by atoms with E-state index in [0.29, 0.717) is 5.56 Å². The minimum Gasteiger partial charge on any atom is -0.481 e. The fraction of sp³-hybridized carbons (Fsp3) is 0.273. The molecule has 1 amide bonds. The lowest BCUT2D eigenvalue weighted by molar-refractivity contribution is -0.141. The SMILES string of the molecule is NC(=O)C1CC1(C(=O)O)c1ccc(F)cc1. The van der Waals surface area contributed by atoms with E-state index in [2.05, 4.69) is 0 Å². The van der Waals surface area contributed by atoms with E-state index >= 15 is 0 Å². The van der Waals surface area contributed by atoms with Crippen LogP contribution in [-0.2, 0) is 15.0 Å². The van der Waals surface area contributed by atoms with Crippen LogP contribution < -0.4 is 5.73 Å². The monoisotopic (exact) mass is 223 g/mol. The molecule has 16 heavy (non-hydrogen) atoms. The minimum atomic E-state index is -1.25. The second-order valence-electron chi connectivity index (χ2n) is 3.94. The maximum Gasteiger partial charge on any atom is 0.314 e. The van der Waals surface area contributed by atoms with Crippen LogP contribution in [0.2, 0.25) is 0 Å². The van der Waals surface area contributed by atoms with Crippen LogP contribution in [0.5, 0.6) is 0 Å². The number of hydrogen-bond acceptors (Lipinski definition) is 2. The molecule has 2 atom stereocenters. The van der Waals surface area contributed by atoms with Gasteiger partial charge in [-0.05, 0) is 24.1 Å². The molecule has 0 saturated heterocycles. The number of carbonyl (C=O) groups excluding carboxylic acids is 1. The van der Waals surface area contributed by atoms with Gasteiger partial charge in [-0.15, -0.1) is 0 Å². The van der Waals surface area contributed by atoms with Crippen molar-refractivity contribution < 1.29 is 19.1 Å². The molecular weight excluding hydrogens is 213 g/mol. The van der Waals surface area contributed by atoms with Gasteiger partial charge in [0.15, 0.2) is 0 Å². The first-order valence-electron chi connectivity index (χ1n) is 4.77.